The normalized spacial score (nSPS) is 19.8. The molecular weight excluding hydrogens is 268 g/mol. The van der Waals surface area contributed by atoms with Gasteiger partial charge in [-0.2, -0.15) is 0 Å². The van der Waals surface area contributed by atoms with E-state index in [0.29, 0.717) is 18.3 Å². The SMILES string of the molecule is CCC(C)c1ccc(OCC(=O)OC2CCCCO2)cc1. The molecule has 21 heavy (non-hydrogen) atoms. The maximum atomic E-state index is 11.7. The van der Waals surface area contributed by atoms with E-state index in [9.17, 15) is 4.79 Å². The molecule has 0 aromatic heterocycles. The third kappa shape index (κ3) is 5.05. The van der Waals surface area contributed by atoms with Crippen LogP contribution in [0.3, 0.4) is 0 Å². The molecule has 0 N–H and O–H groups in total. The second-order valence-electron chi connectivity index (χ2n) is 5.45. The Morgan fingerprint density at radius 2 is 2.10 bits per heavy atom. The van der Waals surface area contributed by atoms with Crippen molar-refractivity contribution < 1.29 is 19.0 Å². The lowest BCUT2D eigenvalue weighted by Crippen LogP contribution is -2.27. The first-order chi connectivity index (χ1) is 10.2. The van der Waals surface area contributed by atoms with Crippen molar-refractivity contribution in [2.24, 2.45) is 0 Å². The van der Waals surface area contributed by atoms with E-state index in [0.717, 1.165) is 25.7 Å². The van der Waals surface area contributed by atoms with Crippen molar-refractivity contribution >= 4 is 5.97 Å². The molecule has 0 spiro atoms. The van der Waals surface area contributed by atoms with Crippen LogP contribution in [0.15, 0.2) is 24.3 Å². The van der Waals surface area contributed by atoms with Gasteiger partial charge < -0.3 is 14.2 Å². The third-order valence-electron chi connectivity index (χ3n) is 3.82. The Morgan fingerprint density at radius 1 is 1.33 bits per heavy atom. The van der Waals surface area contributed by atoms with Gasteiger partial charge in [0.1, 0.15) is 5.75 Å². The predicted octanol–water partition coefficient (Wildman–Crippen LogP) is 3.65. The summed E-state index contributed by atoms with van der Waals surface area (Å²) in [5.41, 5.74) is 1.28. The minimum Gasteiger partial charge on any atom is -0.482 e. The summed E-state index contributed by atoms with van der Waals surface area (Å²) in [6.45, 7) is 4.94. The fourth-order valence-corrected chi connectivity index (χ4v) is 2.26. The van der Waals surface area contributed by atoms with Gasteiger partial charge in [-0.15, -0.1) is 0 Å². The van der Waals surface area contributed by atoms with Crippen molar-refractivity contribution in [1.82, 2.24) is 0 Å². The van der Waals surface area contributed by atoms with Gasteiger partial charge in [0.2, 0.25) is 6.29 Å². The minimum absolute atomic E-state index is 0.0808. The molecule has 4 heteroatoms. The lowest BCUT2D eigenvalue weighted by atomic mass is 9.99. The van der Waals surface area contributed by atoms with Crippen molar-refractivity contribution in [3.8, 4) is 5.75 Å². The van der Waals surface area contributed by atoms with Gasteiger partial charge in [-0.3, -0.25) is 0 Å². The highest BCUT2D eigenvalue weighted by molar-refractivity contribution is 5.71. The van der Waals surface area contributed by atoms with E-state index in [-0.39, 0.29) is 12.6 Å². The summed E-state index contributed by atoms with van der Waals surface area (Å²) >= 11 is 0. The van der Waals surface area contributed by atoms with Crippen LogP contribution >= 0.6 is 0 Å². The second kappa shape index (κ2) is 8.03. The van der Waals surface area contributed by atoms with Crippen LogP contribution < -0.4 is 4.74 Å². The number of carbonyl (C=O) groups excluding carboxylic acids is 1. The van der Waals surface area contributed by atoms with E-state index in [1.165, 1.54) is 5.56 Å². The number of hydrogen-bond donors (Lipinski definition) is 0. The average Bonchev–Trinajstić information content (AvgIpc) is 2.53. The number of hydrogen-bond acceptors (Lipinski definition) is 4. The molecule has 2 unspecified atom stereocenters. The number of benzene rings is 1. The monoisotopic (exact) mass is 292 g/mol. The smallest absolute Gasteiger partial charge is 0.346 e. The minimum atomic E-state index is -0.400. The Balaban J connectivity index is 1.75. The zero-order chi connectivity index (χ0) is 15.1. The van der Waals surface area contributed by atoms with Gasteiger partial charge in [0, 0.05) is 6.42 Å². The number of rotatable bonds is 6. The maximum absolute atomic E-state index is 11.7. The van der Waals surface area contributed by atoms with Crippen LogP contribution in [-0.2, 0) is 14.3 Å². The van der Waals surface area contributed by atoms with E-state index >= 15 is 0 Å². The number of esters is 1. The van der Waals surface area contributed by atoms with Crippen LogP contribution in [0.4, 0.5) is 0 Å². The van der Waals surface area contributed by atoms with Gasteiger partial charge in [-0.25, -0.2) is 4.79 Å². The Kier molecular flexibility index (Phi) is 6.05. The highest BCUT2D eigenvalue weighted by atomic mass is 16.7. The highest BCUT2D eigenvalue weighted by Gasteiger charge is 2.18. The summed E-state index contributed by atoms with van der Waals surface area (Å²) in [5, 5.41) is 0. The van der Waals surface area contributed by atoms with Gasteiger partial charge >= 0.3 is 5.97 Å². The Morgan fingerprint density at radius 3 is 2.71 bits per heavy atom. The number of ether oxygens (including phenoxy) is 3. The summed E-state index contributed by atoms with van der Waals surface area (Å²) in [5.74, 6) is 0.837. The van der Waals surface area contributed by atoms with Crippen molar-refractivity contribution in [1.29, 1.82) is 0 Å². The molecule has 1 saturated heterocycles. The van der Waals surface area contributed by atoms with E-state index in [2.05, 4.69) is 13.8 Å². The van der Waals surface area contributed by atoms with Crippen LogP contribution in [-0.4, -0.2) is 25.5 Å². The Hall–Kier alpha value is -1.55. The third-order valence-corrected chi connectivity index (χ3v) is 3.82. The first-order valence-electron chi connectivity index (χ1n) is 7.73. The van der Waals surface area contributed by atoms with Crippen LogP contribution in [0.25, 0.3) is 0 Å². The predicted molar refractivity (Wildman–Crippen MR) is 80.3 cm³/mol. The highest BCUT2D eigenvalue weighted by Crippen LogP contribution is 2.21. The van der Waals surface area contributed by atoms with Crippen molar-refractivity contribution in [3.05, 3.63) is 29.8 Å². The molecule has 0 saturated carbocycles. The quantitative estimate of drug-likeness (QED) is 0.751. The first-order valence-corrected chi connectivity index (χ1v) is 7.73. The summed E-state index contributed by atoms with van der Waals surface area (Å²) in [6.07, 6.45) is 3.55. The molecule has 1 aliphatic rings. The van der Waals surface area contributed by atoms with Crippen LogP contribution in [0.2, 0.25) is 0 Å². The summed E-state index contributed by atoms with van der Waals surface area (Å²) < 4.78 is 16.0. The summed E-state index contributed by atoms with van der Waals surface area (Å²) in [6, 6.07) is 7.87. The topological polar surface area (TPSA) is 44.8 Å². The van der Waals surface area contributed by atoms with Crippen molar-refractivity contribution in [3.63, 3.8) is 0 Å². The van der Waals surface area contributed by atoms with E-state index < -0.39 is 6.29 Å². The Bertz CT molecular complexity index is 435. The second-order valence-corrected chi connectivity index (χ2v) is 5.45. The first kappa shape index (κ1) is 15.8. The van der Waals surface area contributed by atoms with Gasteiger partial charge in [-0.1, -0.05) is 26.0 Å². The van der Waals surface area contributed by atoms with Crippen molar-refractivity contribution in [2.45, 2.75) is 51.7 Å². The fourth-order valence-electron chi connectivity index (χ4n) is 2.26. The molecule has 1 aromatic rings. The molecule has 2 atom stereocenters. The summed E-state index contributed by atoms with van der Waals surface area (Å²) in [4.78, 5) is 11.7. The molecule has 0 radical (unpaired) electrons. The van der Waals surface area contributed by atoms with E-state index in [1.54, 1.807) is 0 Å². The molecule has 0 bridgehead atoms. The summed E-state index contributed by atoms with van der Waals surface area (Å²) in [7, 11) is 0. The van der Waals surface area contributed by atoms with Crippen LogP contribution in [0.1, 0.15) is 51.0 Å². The lowest BCUT2D eigenvalue weighted by molar-refractivity contribution is -0.188. The van der Waals surface area contributed by atoms with Gasteiger partial charge in [0.25, 0.3) is 0 Å². The van der Waals surface area contributed by atoms with Crippen molar-refractivity contribution in [2.75, 3.05) is 13.2 Å². The zero-order valence-electron chi connectivity index (χ0n) is 12.8. The lowest BCUT2D eigenvalue weighted by Gasteiger charge is -2.22. The maximum Gasteiger partial charge on any atom is 0.346 e. The van der Waals surface area contributed by atoms with E-state index in [1.807, 2.05) is 24.3 Å². The molecule has 1 fully saturated rings. The average molecular weight is 292 g/mol. The molecule has 116 valence electrons. The molecule has 1 heterocycles. The Labute approximate surface area is 126 Å². The molecule has 2 rings (SSSR count). The zero-order valence-corrected chi connectivity index (χ0v) is 12.8. The molecular formula is C17H24O4. The van der Waals surface area contributed by atoms with Gasteiger partial charge in [0.05, 0.1) is 6.61 Å². The standard InChI is InChI=1S/C17H24O4/c1-3-13(2)14-7-9-15(10-8-14)20-12-16(18)21-17-6-4-5-11-19-17/h7-10,13,17H,3-6,11-12H2,1-2H3. The molecule has 1 aromatic carbocycles. The molecule has 0 aliphatic carbocycles. The van der Waals surface area contributed by atoms with Gasteiger partial charge in [0.15, 0.2) is 6.61 Å². The largest absolute Gasteiger partial charge is 0.482 e. The van der Waals surface area contributed by atoms with Crippen LogP contribution in [0.5, 0.6) is 5.75 Å². The van der Waals surface area contributed by atoms with Gasteiger partial charge in [-0.05, 0) is 42.9 Å². The molecule has 1 aliphatic heterocycles. The fraction of sp³-hybridized carbons (Fsp3) is 0.588. The number of carbonyl (C=O) groups is 1. The molecule has 0 amide bonds. The molecule has 4 nitrogen and oxygen atoms in total. The van der Waals surface area contributed by atoms with Crippen LogP contribution in [0, 0.1) is 0 Å². The van der Waals surface area contributed by atoms with E-state index in [4.69, 9.17) is 14.2 Å².